The molecule has 1 aliphatic rings. The van der Waals surface area contributed by atoms with Crippen LogP contribution in [0.4, 0.5) is 0 Å². The quantitative estimate of drug-likeness (QED) is 0.796. The zero-order valence-corrected chi connectivity index (χ0v) is 10.2. The fourth-order valence-electron chi connectivity index (χ4n) is 2.46. The van der Waals surface area contributed by atoms with E-state index in [1.165, 1.54) is 11.1 Å². The van der Waals surface area contributed by atoms with Gasteiger partial charge in [-0.05, 0) is 36.9 Å². The molecular formula is C14H21NO. The zero-order chi connectivity index (χ0) is 11.6. The summed E-state index contributed by atoms with van der Waals surface area (Å²) in [5.41, 5.74) is 2.03. The van der Waals surface area contributed by atoms with Gasteiger partial charge in [0.1, 0.15) is 0 Å². The predicted molar refractivity (Wildman–Crippen MR) is 66.5 cm³/mol. The lowest BCUT2D eigenvalue weighted by Gasteiger charge is -2.39. The molecule has 0 saturated carbocycles. The maximum Gasteiger partial charge on any atom is 0.0737 e. The van der Waals surface area contributed by atoms with E-state index in [-0.39, 0.29) is 0 Å². The summed E-state index contributed by atoms with van der Waals surface area (Å²) in [6, 6.07) is 8.35. The van der Waals surface area contributed by atoms with Gasteiger partial charge in [0, 0.05) is 13.0 Å². The molecule has 1 saturated heterocycles. The van der Waals surface area contributed by atoms with Crippen LogP contribution < -0.4 is 5.32 Å². The number of benzene rings is 1. The molecule has 88 valence electrons. The maximum absolute atomic E-state index is 10.7. The number of nitrogens with one attached hydrogen (secondary N) is 1. The molecule has 0 aliphatic carbocycles. The summed E-state index contributed by atoms with van der Waals surface area (Å²) in [7, 11) is 0. The van der Waals surface area contributed by atoms with Crippen LogP contribution >= 0.6 is 0 Å². The first-order valence-electron chi connectivity index (χ1n) is 6.09. The molecule has 0 radical (unpaired) electrons. The van der Waals surface area contributed by atoms with Gasteiger partial charge in [-0.15, -0.1) is 0 Å². The van der Waals surface area contributed by atoms with Gasteiger partial charge in [-0.25, -0.2) is 0 Å². The van der Waals surface area contributed by atoms with Gasteiger partial charge in [-0.2, -0.15) is 0 Å². The van der Waals surface area contributed by atoms with Crippen LogP contribution in [0.15, 0.2) is 24.3 Å². The molecule has 2 atom stereocenters. The Bertz CT molecular complexity index is 364. The number of hydrogen-bond donors (Lipinski definition) is 2. The van der Waals surface area contributed by atoms with Crippen molar-refractivity contribution < 1.29 is 5.11 Å². The van der Waals surface area contributed by atoms with E-state index in [4.69, 9.17) is 0 Å². The highest BCUT2D eigenvalue weighted by Gasteiger charge is 2.36. The van der Waals surface area contributed by atoms with Gasteiger partial charge >= 0.3 is 0 Å². The largest absolute Gasteiger partial charge is 0.389 e. The first kappa shape index (κ1) is 11.6. The summed E-state index contributed by atoms with van der Waals surface area (Å²) in [5, 5.41) is 14.0. The maximum atomic E-state index is 10.7. The molecule has 1 aromatic carbocycles. The molecule has 2 heteroatoms. The Morgan fingerprint density at radius 2 is 2.19 bits per heavy atom. The number of rotatable bonds is 2. The Labute approximate surface area is 97.7 Å². The highest BCUT2D eigenvalue weighted by atomic mass is 16.3. The molecule has 1 aliphatic heterocycles. The van der Waals surface area contributed by atoms with E-state index >= 15 is 0 Å². The summed E-state index contributed by atoms with van der Waals surface area (Å²) in [4.78, 5) is 0. The van der Waals surface area contributed by atoms with Gasteiger partial charge in [0.25, 0.3) is 0 Å². The first-order chi connectivity index (χ1) is 7.62. The van der Waals surface area contributed by atoms with Crippen molar-refractivity contribution in [2.24, 2.45) is 5.92 Å². The fraction of sp³-hybridized carbons (Fsp3) is 0.571. The van der Waals surface area contributed by atoms with Crippen molar-refractivity contribution in [1.29, 1.82) is 0 Å². The number of aliphatic hydroxyl groups is 1. The van der Waals surface area contributed by atoms with Gasteiger partial charge in [0.05, 0.1) is 5.60 Å². The first-order valence-corrected chi connectivity index (χ1v) is 6.09. The van der Waals surface area contributed by atoms with Crippen molar-refractivity contribution in [2.45, 2.75) is 32.3 Å². The second-order valence-corrected chi connectivity index (χ2v) is 5.06. The van der Waals surface area contributed by atoms with Gasteiger partial charge in [0.15, 0.2) is 0 Å². The van der Waals surface area contributed by atoms with Gasteiger partial charge in [-0.3, -0.25) is 0 Å². The summed E-state index contributed by atoms with van der Waals surface area (Å²) in [6.45, 7) is 6.09. The van der Waals surface area contributed by atoms with Crippen LogP contribution in [-0.4, -0.2) is 23.8 Å². The lowest BCUT2D eigenvalue weighted by Crippen LogP contribution is -2.50. The zero-order valence-electron chi connectivity index (χ0n) is 10.2. The Morgan fingerprint density at radius 3 is 2.88 bits per heavy atom. The number of aryl methyl sites for hydroxylation is 1. The highest BCUT2D eigenvalue weighted by molar-refractivity contribution is 5.27. The third-order valence-corrected chi connectivity index (χ3v) is 3.86. The van der Waals surface area contributed by atoms with E-state index in [2.05, 4.69) is 43.4 Å². The summed E-state index contributed by atoms with van der Waals surface area (Å²) in [6.07, 6.45) is 1.63. The van der Waals surface area contributed by atoms with E-state index < -0.39 is 5.60 Å². The molecular weight excluding hydrogens is 198 g/mol. The van der Waals surface area contributed by atoms with Crippen molar-refractivity contribution in [1.82, 2.24) is 5.32 Å². The third-order valence-electron chi connectivity index (χ3n) is 3.86. The summed E-state index contributed by atoms with van der Waals surface area (Å²) < 4.78 is 0. The van der Waals surface area contributed by atoms with Crippen molar-refractivity contribution >= 4 is 0 Å². The van der Waals surface area contributed by atoms with Crippen LogP contribution in [0.3, 0.4) is 0 Å². The second-order valence-electron chi connectivity index (χ2n) is 5.06. The van der Waals surface area contributed by atoms with Gasteiger partial charge in [0.2, 0.25) is 0 Å². The minimum absolute atomic E-state index is 0.320. The third kappa shape index (κ3) is 2.28. The van der Waals surface area contributed by atoms with E-state index in [0.29, 0.717) is 5.92 Å². The van der Waals surface area contributed by atoms with Crippen molar-refractivity contribution in [2.75, 3.05) is 13.1 Å². The van der Waals surface area contributed by atoms with E-state index in [1.807, 2.05) is 0 Å². The SMILES string of the molecule is Cc1ccccc1CC1(O)CCNCC1C. The van der Waals surface area contributed by atoms with Crippen LogP contribution in [-0.2, 0) is 6.42 Å². The molecule has 0 bridgehead atoms. The highest BCUT2D eigenvalue weighted by Crippen LogP contribution is 2.29. The van der Waals surface area contributed by atoms with E-state index in [9.17, 15) is 5.11 Å². The number of piperidine rings is 1. The van der Waals surface area contributed by atoms with Crippen LogP contribution in [0.2, 0.25) is 0 Å². The Kier molecular flexibility index (Phi) is 3.31. The summed E-state index contributed by atoms with van der Waals surface area (Å²) in [5.74, 6) is 0.320. The normalized spacial score (nSPS) is 30.3. The Morgan fingerprint density at radius 1 is 1.44 bits per heavy atom. The molecule has 2 N–H and O–H groups in total. The summed E-state index contributed by atoms with van der Waals surface area (Å²) >= 11 is 0. The predicted octanol–water partition coefficient (Wildman–Crippen LogP) is 1.90. The van der Waals surface area contributed by atoms with E-state index in [0.717, 1.165) is 25.9 Å². The average molecular weight is 219 g/mol. The minimum Gasteiger partial charge on any atom is -0.389 e. The van der Waals surface area contributed by atoms with E-state index in [1.54, 1.807) is 0 Å². The average Bonchev–Trinajstić information content (AvgIpc) is 2.26. The van der Waals surface area contributed by atoms with Crippen molar-refractivity contribution in [3.05, 3.63) is 35.4 Å². The molecule has 1 heterocycles. The Balaban J connectivity index is 2.16. The molecule has 2 nitrogen and oxygen atoms in total. The molecule has 1 aromatic rings. The molecule has 0 amide bonds. The smallest absolute Gasteiger partial charge is 0.0737 e. The minimum atomic E-state index is -0.530. The molecule has 0 spiro atoms. The lowest BCUT2D eigenvalue weighted by atomic mass is 9.78. The van der Waals surface area contributed by atoms with Crippen molar-refractivity contribution in [3.8, 4) is 0 Å². The topological polar surface area (TPSA) is 32.3 Å². The number of hydrogen-bond acceptors (Lipinski definition) is 2. The van der Waals surface area contributed by atoms with Gasteiger partial charge in [-0.1, -0.05) is 31.2 Å². The molecule has 0 aromatic heterocycles. The fourth-order valence-corrected chi connectivity index (χ4v) is 2.46. The van der Waals surface area contributed by atoms with Crippen LogP contribution in [0.1, 0.15) is 24.5 Å². The molecule has 2 rings (SSSR count). The van der Waals surface area contributed by atoms with Crippen molar-refractivity contribution in [3.63, 3.8) is 0 Å². The second kappa shape index (κ2) is 4.56. The van der Waals surface area contributed by atoms with Crippen LogP contribution in [0.25, 0.3) is 0 Å². The molecule has 2 unspecified atom stereocenters. The van der Waals surface area contributed by atoms with Crippen LogP contribution in [0.5, 0.6) is 0 Å². The van der Waals surface area contributed by atoms with Gasteiger partial charge < -0.3 is 10.4 Å². The Hall–Kier alpha value is -0.860. The monoisotopic (exact) mass is 219 g/mol. The molecule has 1 fully saturated rings. The standard InChI is InChI=1S/C14H21NO/c1-11-5-3-4-6-13(11)9-14(16)7-8-15-10-12(14)2/h3-6,12,15-16H,7-10H2,1-2H3. The van der Waals surface area contributed by atoms with Crippen LogP contribution in [0, 0.1) is 12.8 Å². The molecule has 16 heavy (non-hydrogen) atoms. The lowest BCUT2D eigenvalue weighted by molar-refractivity contribution is -0.0330.